The van der Waals surface area contributed by atoms with Crippen LogP contribution in [0.2, 0.25) is 0 Å². The Kier molecular flexibility index (Phi) is 4.14. The lowest BCUT2D eigenvalue weighted by Crippen LogP contribution is -1.92. The number of Topliss-reactive ketones (excluding diaryl/α,β-unsaturated/α-hetero) is 1. The first-order valence-corrected chi connectivity index (χ1v) is 6.74. The summed E-state index contributed by atoms with van der Waals surface area (Å²) in [6.45, 7) is 3.84. The first-order chi connectivity index (χ1) is 8.70. The van der Waals surface area contributed by atoms with Crippen LogP contribution in [-0.2, 0) is 6.42 Å². The first-order valence-electron chi connectivity index (χ1n) is 6.74. The molecule has 0 aliphatic carbocycles. The van der Waals surface area contributed by atoms with Gasteiger partial charge in [0.25, 0.3) is 0 Å². The molecule has 0 unspecified atom stereocenters. The third-order valence-corrected chi connectivity index (χ3v) is 3.38. The highest BCUT2D eigenvalue weighted by atomic mass is 16.1. The molecule has 0 amide bonds. The third kappa shape index (κ3) is 2.98. The van der Waals surface area contributed by atoms with Crippen molar-refractivity contribution in [3.05, 3.63) is 47.5 Å². The number of fused-ring (bicyclic) bond motifs is 1. The minimum atomic E-state index is 0.133. The van der Waals surface area contributed by atoms with E-state index in [1.165, 1.54) is 35.6 Å². The monoisotopic (exact) mass is 240 g/mol. The average molecular weight is 240 g/mol. The largest absolute Gasteiger partial charge is 0.295 e. The smallest absolute Gasteiger partial charge is 0.159 e. The van der Waals surface area contributed by atoms with Crippen LogP contribution >= 0.6 is 0 Å². The summed E-state index contributed by atoms with van der Waals surface area (Å²) in [5, 5.41) is 2.39. The number of hydrogen-bond donors (Lipinski definition) is 0. The standard InChI is InChI=1S/C17H20O/c1-3-4-5-6-14-7-8-15-9-10-16(13(2)18)12-17(15)11-14/h7-12H,3-6H2,1-2H3. The summed E-state index contributed by atoms with van der Waals surface area (Å²) in [5.41, 5.74) is 2.17. The topological polar surface area (TPSA) is 17.1 Å². The Morgan fingerprint density at radius 2 is 1.78 bits per heavy atom. The molecule has 2 aromatic carbocycles. The van der Waals surface area contributed by atoms with E-state index >= 15 is 0 Å². The highest BCUT2D eigenvalue weighted by molar-refractivity contribution is 5.98. The molecule has 94 valence electrons. The Hall–Kier alpha value is -1.63. The molecule has 2 aromatic rings. The molecule has 0 heterocycles. The van der Waals surface area contributed by atoms with Crippen LogP contribution in [0.1, 0.15) is 49.0 Å². The molecule has 18 heavy (non-hydrogen) atoms. The summed E-state index contributed by atoms with van der Waals surface area (Å²) in [7, 11) is 0. The highest BCUT2D eigenvalue weighted by Gasteiger charge is 2.02. The van der Waals surface area contributed by atoms with Crippen LogP contribution in [0.5, 0.6) is 0 Å². The van der Waals surface area contributed by atoms with E-state index in [1.807, 2.05) is 18.2 Å². The first kappa shape index (κ1) is 12.8. The zero-order valence-corrected chi connectivity index (χ0v) is 11.2. The molecule has 0 spiro atoms. The third-order valence-electron chi connectivity index (χ3n) is 3.38. The Bertz CT molecular complexity index is 555. The molecule has 0 fully saturated rings. The summed E-state index contributed by atoms with van der Waals surface area (Å²) >= 11 is 0. The number of benzene rings is 2. The number of aryl methyl sites for hydroxylation is 1. The van der Waals surface area contributed by atoms with E-state index in [4.69, 9.17) is 0 Å². The van der Waals surface area contributed by atoms with Crippen molar-refractivity contribution in [1.82, 2.24) is 0 Å². The predicted molar refractivity (Wildman–Crippen MR) is 77.2 cm³/mol. The minimum Gasteiger partial charge on any atom is -0.295 e. The maximum absolute atomic E-state index is 11.4. The van der Waals surface area contributed by atoms with Crippen molar-refractivity contribution in [1.29, 1.82) is 0 Å². The number of rotatable bonds is 5. The van der Waals surface area contributed by atoms with Crippen LogP contribution in [0.4, 0.5) is 0 Å². The molecule has 0 N–H and O–H groups in total. The van der Waals surface area contributed by atoms with Gasteiger partial charge in [-0.2, -0.15) is 0 Å². The molecule has 1 heteroatoms. The van der Waals surface area contributed by atoms with E-state index in [2.05, 4.69) is 25.1 Å². The van der Waals surface area contributed by atoms with E-state index in [0.717, 1.165) is 12.0 Å². The van der Waals surface area contributed by atoms with Crippen molar-refractivity contribution in [2.75, 3.05) is 0 Å². The fraction of sp³-hybridized carbons (Fsp3) is 0.353. The van der Waals surface area contributed by atoms with Crippen LogP contribution < -0.4 is 0 Å². The number of hydrogen-bond acceptors (Lipinski definition) is 1. The van der Waals surface area contributed by atoms with Crippen molar-refractivity contribution >= 4 is 16.6 Å². The van der Waals surface area contributed by atoms with Crippen LogP contribution in [-0.4, -0.2) is 5.78 Å². The molecule has 0 saturated carbocycles. The number of ketones is 1. The summed E-state index contributed by atoms with van der Waals surface area (Å²) in [4.78, 5) is 11.4. The van der Waals surface area contributed by atoms with Gasteiger partial charge in [0.05, 0.1) is 0 Å². The Morgan fingerprint density at radius 1 is 1.00 bits per heavy atom. The van der Waals surface area contributed by atoms with Gasteiger partial charge in [-0.05, 0) is 42.2 Å². The van der Waals surface area contributed by atoms with Gasteiger partial charge in [-0.25, -0.2) is 0 Å². The van der Waals surface area contributed by atoms with E-state index in [-0.39, 0.29) is 5.78 Å². The number of carbonyl (C=O) groups is 1. The Labute approximate surface area is 109 Å². The van der Waals surface area contributed by atoms with Gasteiger partial charge in [0.2, 0.25) is 0 Å². The van der Waals surface area contributed by atoms with Crippen molar-refractivity contribution in [3.8, 4) is 0 Å². The van der Waals surface area contributed by atoms with Crippen LogP contribution in [0.25, 0.3) is 10.8 Å². The molecular weight excluding hydrogens is 220 g/mol. The summed E-state index contributed by atoms with van der Waals surface area (Å²) < 4.78 is 0. The summed E-state index contributed by atoms with van der Waals surface area (Å²) in [5.74, 6) is 0.133. The van der Waals surface area contributed by atoms with Crippen molar-refractivity contribution in [2.45, 2.75) is 39.5 Å². The van der Waals surface area contributed by atoms with Gasteiger partial charge in [-0.15, -0.1) is 0 Å². The molecule has 0 bridgehead atoms. The lowest BCUT2D eigenvalue weighted by molar-refractivity contribution is 0.101. The lowest BCUT2D eigenvalue weighted by atomic mass is 10.00. The molecule has 0 aliphatic rings. The van der Waals surface area contributed by atoms with Gasteiger partial charge < -0.3 is 0 Å². The molecule has 2 rings (SSSR count). The fourth-order valence-corrected chi connectivity index (χ4v) is 2.25. The maximum atomic E-state index is 11.4. The summed E-state index contributed by atoms with van der Waals surface area (Å²) in [6.07, 6.45) is 4.91. The second-order valence-electron chi connectivity index (χ2n) is 4.91. The van der Waals surface area contributed by atoms with Gasteiger partial charge >= 0.3 is 0 Å². The fourth-order valence-electron chi connectivity index (χ4n) is 2.25. The van der Waals surface area contributed by atoms with Gasteiger partial charge in [0, 0.05) is 5.56 Å². The van der Waals surface area contributed by atoms with Crippen LogP contribution in [0.15, 0.2) is 36.4 Å². The van der Waals surface area contributed by atoms with Crippen molar-refractivity contribution in [2.24, 2.45) is 0 Å². The molecule has 1 nitrogen and oxygen atoms in total. The van der Waals surface area contributed by atoms with E-state index in [1.54, 1.807) is 6.92 Å². The van der Waals surface area contributed by atoms with Gasteiger partial charge in [-0.3, -0.25) is 4.79 Å². The predicted octanol–water partition coefficient (Wildman–Crippen LogP) is 4.78. The van der Waals surface area contributed by atoms with Crippen molar-refractivity contribution < 1.29 is 4.79 Å². The molecule has 0 aromatic heterocycles. The second kappa shape index (κ2) is 5.81. The van der Waals surface area contributed by atoms with Crippen molar-refractivity contribution in [3.63, 3.8) is 0 Å². The Balaban J connectivity index is 2.27. The molecule has 0 saturated heterocycles. The highest BCUT2D eigenvalue weighted by Crippen LogP contribution is 2.19. The number of carbonyl (C=O) groups excluding carboxylic acids is 1. The maximum Gasteiger partial charge on any atom is 0.159 e. The van der Waals surface area contributed by atoms with E-state index in [9.17, 15) is 4.79 Å². The van der Waals surface area contributed by atoms with Gasteiger partial charge in [0.1, 0.15) is 0 Å². The zero-order valence-electron chi connectivity index (χ0n) is 11.2. The molecule has 0 aliphatic heterocycles. The van der Waals surface area contributed by atoms with Gasteiger partial charge in [0.15, 0.2) is 5.78 Å². The van der Waals surface area contributed by atoms with Gasteiger partial charge in [-0.1, -0.05) is 50.1 Å². The van der Waals surface area contributed by atoms with Crippen LogP contribution in [0.3, 0.4) is 0 Å². The lowest BCUT2D eigenvalue weighted by Gasteiger charge is -2.05. The second-order valence-corrected chi connectivity index (χ2v) is 4.91. The quantitative estimate of drug-likeness (QED) is 0.543. The van der Waals surface area contributed by atoms with E-state index in [0.29, 0.717) is 0 Å². The SMILES string of the molecule is CCCCCc1ccc2ccc(C(C)=O)cc2c1. The molecule has 0 atom stereocenters. The number of unbranched alkanes of at least 4 members (excludes halogenated alkanes) is 2. The minimum absolute atomic E-state index is 0.133. The molecular formula is C17H20O. The molecule has 0 radical (unpaired) electrons. The average Bonchev–Trinajstić information content (AvgIpc) is 2.38. The van der Waals surface area contributed by atoms with E-state index < -0.39 is 0 Å². The zero-order chi connectivity index (χ0) is 13.0. The Morgan fingerprint density at radius 3 is 2.50 bits per heavy atom. The normalized spacial score (nSPS) is 10.8. The van der Waals surface area contributed by atoms with Crippen LogP contribution in [0, 0.1) is 0 Å². The summed E-state index contributed by atoms with van der Waals surface area (Å²) in [6, 6.07) is 12.5.